The summed E-state index contributed by atoms with van der Waals surface area (Å²) in [7, 11) is 3.68. The van der Waals surface area contributed by atoms with Gasteiger partial charge in [0.15, 0.2) is 0 Å². The van der Waals surface area contributed by atoms with E-state index in [9.17, 15) is 0 Å². The van der Waals surface area contributed by atoms with E-state index in [-0.39, 0.29) is 6.61 Å². The van der Waals surface area contributed by atoms with Crippen LogP contribution in [0.25, 0.3) is 0 Å². The van der Waals surface area contributed by atoms with Gasteiger partial charge >= 0.3 is 0 Å². The molecule has 1 heterocycles. The van der Waals surface area contributed by atoms with Gasteiger partial charge in [0.05, 0.1) is 6.61 Å². The second kappa shape index (κ2) is 6.37. The molecule has 0 bridgehead atoms. The molecule has 1 N–H and O–H groups in total. The van der Waals surface area contributed by atoms with Crippen LogP contribution in [0, 0.1) is 0 Å². The summed E-state index contributed by atoms with van der Waals surface area (Å²) in [5.41, 5.74) is 0.888. The van der Waals surface area contributed by atoms with Gasteiger partial charge in [-0.3, -0.25) is 0 Å². The number of methoxy groups -OCH3 is 1. The van der Waals surface area contributed by atoms with Crippen molar-refractivity contribution in [2.24, 2.45) is 0 Å². The van der Waals surface area contributed by atoms with E-state index in [4.69, 9.17) is 9.84 Å². The Balaban J connectivity index is 2.52. The number of anilines is 1. The summed E-state index contributed by atoms with van der Waals surface area (Å²) in [6.07, 6.45) is 2.69. The molecule has 15 heavy (non-hydrogen) atoms. The highest BCUT2D eigenvalue weighted by molar-refractivity contribution is 5.39. The summed E-state index contributed by atoms with van der Waals surface area (Å²) in [5.74, 6) is 0.887. The zero-order valence-corrected chi connectivity index (χ0v) is 9.31. The van der Waals surface area contributed by atoms with Crippen LogP contribution in [0.2, 0.25) is 0 Å². The Morgan fingerprint density at radius 3 is 3.00 bits per heavy atom. The Labute approximate surface area is 90.5 Å². The molecule has 0 fully saturated rings. The summed E-state index contributed by atoms with van der Waals surface area (Å²) < 4.78 is 4.99. The van der Waals surface area contributed by atoms with Crippen LogP contribution in [0.4, 0.5) is 5.82 Å². The predicted octanol–water partition coefficient (Wildman–Crippen LogP) is 1.05. The van der Waals surface area contributed by atoms with Crippen LogP contribution in [0.1, 0.15) is 12.0 Å². The van der Waals surface area contributed by atoms with Gasteiger partial charge in [0, 0.05) is 33.5 Å². The second-order valence-electron chi connectivity index (χ2n) is 3.45. The van der Waals surface area contributed by atoms with Crippen molar-refractivity contribution in [1.29, 1.82) is 0 Å². The maximum Gasteiger partial charge on any atom is 0.128 e. The zero-order chi connectivity index (χ0) is 11.1. The fourth-order valence-corrected chi connectivity index (χ4v) is 1.33. The highest BCUT2D eigenvalue weighted by Gasteiger charge is 2.02. The van der Waals surface area contributed by atoms with E-state index in [1.807, 2.05) is 19.2 Å². The van der Waals surface area contributed by atoms with Crippen molar-refractivity contribution in [1.82, 2.24) is 4.98 Å². The van der Waals surface area contributed by atoms with Gasteiger partial charge in [0.1, 0.15) is 5.82 Å². The van der Waals surface area contributed by atoms with E-state index < -0.39 is 0 Å². The summed E-state index contributed by atoms with van der Waals surface area (Å²) in [4.78, 5) is 6.29. The largest absolute Gasteiger partial charge is 0.392 e. The van der Waals surface area contributed by atoms with Gasteiger partial charge < -0.3 is 14.7 Å². The molecule has 1 aromatic rings. The van der Waals surface area contributed by atoms with Gasteiger partial charge in [-0.1, -0.05) is 0 Å². The smallest absolute Gasteiger partial charge is 0.128 e. The lowest BCUT2D eigenvalue weighted by Crippen LogP contribution is -2.20. The van der Waals surface area contributed by atoms with E-state index in [2.05, 4.69) is 9.88 Å². The standard InChI is InChI=1S/C11H18N2O2/c1-13(6-3-7-15-2)11-8-10(9-14)4-5-12-11/h4-5,8,14H,3,6-7,9H2,1-2H3. The molecule has 0 saturated heterocycles. The first-order valence-electron chi connectivity index (χ1n) is 5.03. The summed E-state index contributed by atoms with van der Waals surface area (Å²) in [5, 5.41) is 8.99. The molecule has 1 rings (SSSR count). The number of pyridine rings is 1. The maximum absolute atomic E-state index is 8.99. The number of hydrogen-bond donors (Lipinski definition) is 1. The lowest BCUT2D eigenvalue weighted by atomic mass is 10.2. The average molecular weight is 210 g/mol. The molecule has 0 radical (unpaired) electrons. The molecule has 0 unspecified atom stereocenters. The molecule has 0 atom stereocenters. The maximum atomic E-state index is 8.99. The minimum atomic E-state index is 0.0570. The van der Waals surface area contributed by atoms with Crippen LogP contribution in [0.5, 0.6) is 0 Å². The number of ether oxygens (including phenoxy) is 1. The van der Waals surface area contributed by atoms with E-state index >= 15 is 0 Å². The molecule has 0 saturated carbocycles. The highest BCUT2D eigenvalue weighted by atomic mass is 16.5. The third-order valence-corrected chi connectivity index (χ3v) is 2.23. The van der Waals surface area contributed by atoms with Crippen molar-refractivity contribution in [3.63, 3.8) is 0 Å². The molecule has 0 aliphatic carbocycles. The molecule has 84 valence electrons. The summed E-state index contributed by atoms with van der Waals surface area (Å²) in [6, 6.07) is 3.71. The number of hydrogen-bond acceptors (Lipinski definition) is 4. The fourth-order valence-electron chi connectivity index (χ4n) is 1.33. The van der Waals surface area contributed by atoms with Gasteiger partial charge in [0.2, 0.25) is 0 Å². The molecule has 4 heteroatoms. The first-order chi connectivity index (χ1) is 7.27. The van der Waals surface area contributed by atoms with Gasteiger partial charge in [-0.15, -0.1) is 0 Å². The number of rotatable bonds is 6. The van der Waals surface area contributed by atoms with Crippen molar-refractivity contribution >= 4 is 5.82 Å². The van der Waals surface area contributed by atoms with Crippen molar-refractivity contribution < 1.29 is 9.84 Å². The fraction of sp³-hybridized carbons (Fsp3) is 0.545. The molecule has 0 aliphatic rings. The molecule has 4 nitrogen and oxygen atoms in total. The Morgan fingerprint density at radius 2 is 2.33 bits per heavy atom. The van der Waals surface area contributed by atoms with Crippen molar-refractivity contribution in [2.75, 3.05) is 32.2 Å². The Bertz CT molecular complexity index is 292. The third-order valence-electron chi connectivity index (χ3n) is 2.23. The summed E-state index contributed by atoms with van der Waals surface area (Å²) in [6.45, 7) is 1.71. The van der Waals surface area contributed by atoms with Crippen molar-refractivity contribution in [3.05, 3.63) is 23.9 Å². The Hall–Kier alpha value is -1.13. The molecule has 0 aliphatic heterocycles. The van der Waals surface area contributed by atoms with Crippen LogP contribution < -0.4 is 4.90 Å². The quantitative estimate of drug-likeness (QED) is 0.713. The molecule has 0 amide bonds. The van der Waals surface area contributed by atoms with Crippen LogP contribution >= 0.6 is 0 Å². The molecule has 1 aromatic heterocycles. The van der Waals surface area contributed by atoms with Crippen LogP contribution in [-0.2, 0) is 11.3 Å². The molecule has 0 spiro atoms. The molecular weight excluding hydrogens is 192 g/mol. The monoisotopic (exact) mass is 210 g/mol. The highest BCUT2D eigenvalue weighted by Crippen LogP contribution is 2.11. The normalized spacial score (nSPS) is 10.3. The van der Waals surface area contributed by atoms with Crippen LogP contribution in [0.3, 0.4) is 0 Å². The molecule has 0 aromatic carbocycles. The first kappa shape index (κ1) is 11.9. The second-order valence-corrected chi connectivity index (χ2v) is 3.45. The van der Waals surface area contributed by atoms with Crippen molar-refractivity contribution in [3.8, 4) is 0 Å². The SMILES string of the molecule is COCCCN(C)c1cc(CO)ccn1. The zero-order valence-electron chi connectivity index (χ0n) is 9.31. The topological polar surface area (TPSA) is 45.6 Å². The predicted molar refractivity (Wildman–Crippen MR) is 59.9 cm³/mol. The Kier molecular flexibility index (Phi) is 5.07. The van der Waals surface area contributed by atoms with Crippen molar-refractivity contribution in [2.45, 2.75) is 13.0 Å². The van der Waals surface area contributed by atoms with E-state index in [0.717, 1.165) is 31.0 Å². The van der Waals surface area contributed by atoms with E-state index in [0.29, 0.717) is 0 Å². The number of aliphatic hydroxyl groups is 1. The van der Waals surface area contributed by atoms with Crippen LogP contribution in [0.15, 0.2) is 18.3 Å². The third kappa shape index (κ3) is 3.85. The lowest BCUT2D eigenvalue weighted by molar-refractivity contribution is 0.196. The minimum Gasteiger partial charge on any atom is -0.392 e. The number of aliphatic hydroxyl groups excluding tert-OH is 1. The van der Waals surface area contributed by atoms with E-state index in [1.54, 1.807) is 13.3 Å². The lowest BCUT2D eigenvalue weighted by Gasteiger charge is -2.18. The Morgan fingerprint density at radius 1 is 1.53 bits per heavy atom. The average Bonchev–Trinajstić information content (AvgIpc) is 2.29. The van der Waals surface area contributed by atoms with Gasteiger partial charge in [-0.25, -0.2) is 4.98 Å². The van der Waals surface area contributed by atoms with Gasteiger partial charge in [-0.05, 0) is 24.1 Å². The molecular formula is C11H18N2O2. The number of aromatic nitrogens is 1. The minimum absolute atomic E-state index is 0.0570. The van der Waals surface area contributed by atoms with Gasteiger partial charge in [-0.2, -0.15) is 0 Å². The summed E-state index contributed by atoms with van der Waals surface area (Å²) >= 11 is 0. The first-order valence-corrected chi connectivity index (χ1v) is 5.03. The van der Waals surface area contributed by atoms with Gasteiger partial charge in [0.25, 0.3) is 0 Å². The van der Waals surface area contributed by atoms with E-state index in [1.165, 1.54) is 0 Å². The van der Waals surface area contributed by atoms with Crippen LogP contribution in [-0.4, -0.2) is 37.4 Å². The number of nitrogens with zero attached hydrogens (tertiary/aromatic N) is 2.